The predicted molar refractivity (Wildman–Crippen MR) is 118 cm³/mol. The van der Waals surface area contributed by atoms with Crippen LogP contribution in [0.2, 0.25) is 0 Å². The molecule has 4 rings (SSSR count). The molecule has 1 aromatic heterocycles. The zero-order valence-electron chi connectivity index (χ0n) is 17.5. The van der Waals surface area contributed by atoms with E-state index in [4.69, 9.17) is 9.15 Å². The largest absolute Gasteiger partial charge is 0.507 e. The molecule has 0 aliphatic carbocycles. The third kappa shape index (κ3) is 3.83. The molecule has 0 unspecified atom stereocenters. The van der Waals surface area contributed by atoms with E-state index < -0.39 is 10.8 Å². The number of aromatic hydroxyl groups is 1. The van der Waals surface area contributed by atoms with Gasteiger partial charge in [0.2, 0.25) is 5.89 Å². The van der Waals surface area contributed by atoms with Crippen LogP contribution in [0, 0.1) is 24.0 Å². The van der Waals surface area contributed by atoms with Gasteiger partial charge in [0.05, 0.1) is 17.6 Å². The van der Waals surface area contributed by atoms with Crippen molar-refractivity contribution in [3.8, 4) is 23.0 Å². The van der Waals surface area contributed by atoms with Crippen LogP contribution in [0.4, 0.5) is 11.4 Å². The highest BCUT2D eigenvalue weighted by Crippen LogP contribution is 2.34. The Balaban J connectivity index is 1.65. The van der Waals surface area contributed by atoms with Crippen molar-refractivity contribution in [3.05, 3.63) is 75.3 Å². The summed E-state index contributed by atoms with van der Waals surface area (Å²) >= 11 is 0. The Morgan fingerprint density at radius 3 is 2.59 bits per heavy atom. The molecule has 32 heavy (non-hydrogen) atoms. The van der Waals surface area contributed by atoms with Crippen molar-refractivity contribution in [2.45, 2.75) is 13.8 Å². The molecule has 0 saturated heterocycles. The molecule has 0 fully saturated rings. The standard InChI is InChI=1S/C23H19N3O6/c1-12-8-17-21(9-13(12)2)32-23(25-17)16-11-15(5-6-19(16)27)24-22(28)14-4-7-20(31-3)18(10-14)26(29)30/h4-11,27H,1-3H3,(H,24,28). The molecule has 0 atom stereocenters. The summed E-state index contributed by atoms with van der Waals surface area (Å²) < 4.78 is 10.8. The molecule has 162 valence electrons. The van der Waals surface area contributed by atoms with Crippen LogP contribution < -0.4 is 10.1 Å². The minimum atomic E-state index is -0.620. The molecule has 0 aliphatic heterocycles. The monoisotopic (exact) mass is 433 g/mol. The van der Waals surface area contributed by atoms with E-state index in [0.717, 1.165) is 17.2 Å². The molecule has 9 nitrogen and oxygen atoms in total. The highest BCUT2D eigenvalue weighted by Gasteiger charge is 2.19. The topological polar surface area (TPSA) is 128 Å². The fraction of sp³-hybridized carbons (Fsp3) is 0.130. The summed E-state index contributed by atoms with van der Waals surface area (Å²) in [6.45, 7) is 3.94. The molecule has 1 amide bonds. The second-order valence-electron chi connectivity index (χ2n) is 7.25. The number of ether oxygens (including phenoxy) is 1. The number of hydrogen-bond donors (Lipinski definition) is 2. The van der Waals surface area contributed by atoms with Gasteiger partial charge in [-0.3, -0.25) is 14.9 Å². The molecular weight excluding hydrogens is 414 g/mol. The molecule has 0 bridgehead atoms. The minimum Gasteiger partial charge on any atom is -0.507 e. The van der Waals surface area contributed by atoms with E-state index in [-0.39, 0.29) is 28.6 Å². The average molecular weight is 433 g/mol. The number of carbonyl (C=O) groups is 1. The molecular formula is C23H19N3O6. The van der Waals surface area contributed by atoms with Crippen LogP contribution >= 0.6 is 0 Å². The van der Waals surface area contributed by atoms with Crippen LogP contribution in [0.1, 0.15) is 21.5 Å². The van der Waals surface area contributed by atoms with Crippen LogP contribution in [-0.2, 0) is 0 Å². The van der Waals surface area contributed by atoms with Crippen LogP contribution in [0.3, 0.4) is 0 Å². The Bertz CT molecular complexity index is 1340. The Labute approximate surface area is 182 Å². The van der Waals surface area contributed by atoms with Crippen LogP contribution in [0.5, 0.6) is 11.5 Å². The molecule has 0 aliphatic rings. The normalized spacial score (nSPS) is 10.8. The quantitative estimate of drug-likeness (QED) is 0.258. The van der Waals surface area contributed by atoms with Gasteiger partial charge in [0, 0.05) is 17.3 Å². The fourth-order valence-electron chi connectivity index (χ4n) is 3.26. The van der Waals surface area contributed by atoms with Crippen molar-refractivity contribution in [2.75, 3.05) is 12.4 Å². The lowest BCUT2D eigenvalue weighted by Gasteiger charge is -2.08. The predicted octanol–water partition coefficient (Wildman–Crippen LogP) is 4.99. The van der Waals surface area contributed by atoms with E-state index in [1.54, 1.807) is 0 Å². The van der Waals surface area contributed by atoms with Crippen LogP contribution in [-0.4, -0.2) is 28.0 Å². The number of rotatable bonds is 5. The second-order valence-corrected chi connectivity index (χ2v) is 7.25. The van der Waals surface area contributed by atoms with Crippen LogP contribution in [0.25, 0.3) is 22.6 Å². The number of hydrogen-bond acceptors (Lipinski definition) is 7. The Morgan fingerprint density at radius 1 is 1.12 bits per heavy atom. The summed E-state index contributed by atoms with van der Waals surface area (Å²) in [6, 6.07) is 12.1. The lowest BCUT2D eigenvalue weighted by Crippen LogP contribution is -2.12. The molecule has 0 radical (unpaired) electrons. The highest BCUT2D eigenvalue weighted by atomic mass is 16.6. The molecule has 1 heterocycles. The van der Waals surface area contributed by atoms with Gasteiger partial charge >= 0.3 is 5.69 Å². The zero-order valence-corrected chi connectivity index (χ0v) is 17.5. The number of nitrogens with one attached hydrogen (secondary N) is 1. The number of amides is 1. The van der Waals surface area contributed by atoms with Crippen molar-refractivity contribution in [1.82, 2.24) is 4.98 Å². The van der Waals surface area contributed by atoms with E-state index in [9.17, 15) is 20.0 Å². The van der Waals surface area contributed by atoms with E-state index in [0.29, 0.717) is 22.4 Å². The molecule has 4 aromatic rings. The lowest BCUT2D eigenvalue weighted by atomic mass is 10.1. The van der Waals surface area contributed by atoms with Gasteiger partial charge in [-0.25, -0.2) is 4.98 Å². The summed E-state index contributed by atoms with van der Waals surface area (Å²) in [4.78, 5) is 27.7. The van der Waals surface area contributed by atoms with Gasteiger partial charge < -0.3 is 19.6 Å². The Morgan fingerprint density at radius 2 is 1.88 bits per heavy atom. The lowest BCUT2D eigenvalue weighted by molar-refractivity contribution is -0.385. The number of oxazole rings is 1. The number of nitro groups is 1. The first-order valence-corrected chi connectivity index (χ1v) is 9.62. The van der Waals surface area contributed by atoms with E-state index in [1.807, 2.05) is 26.0 Å². The molecule has 0 saturated carbocycles. The first-order valence-electron chi connectivity index (χ1n) is 9.62. The Kier molecular flexibility index (Phi) is 5.23. The summed E-state index contributed by atoms with van der Waals surface area (Å²) in [7, 11) is 1.31. The van der Waals surface area contributed by atoms with E-state index >= 15 is 0 Å². The number of benzene rings is 3. The number of nitrogens with zero attached hydrogens (tertiary/aromatic N) is 2. The van der Waals surface area contributed by atoms with Gasteiger partial charge in [-0.1, -0.05) is 0 Å². The third-order valence-corrected chi connectivity index (χ3v) is 5.13. The van der Waals surface area contributed by atoms with Gasteiger partial charge in [0.15, 0.2) is 11.3 Å². The molecule has 2 N–H and O–H groups in total. The van der Waals surface area contributed by atoms with Gasteiger partial charge in [0.25, 0.3) is 5.91 Å². The maximum absolute atomic E-state index is 12.7. The fourth-order valence-corrected chi connectivity index (χ4v) is 3.26. The first kappa shape index (κ1) is 20.9. The zero-order chi connectivity index (χ0) is 23.0. The average Bonchev–Trinajstić information content (AvgIpc) is 3.17. The van der Waals surface area contributed by atoms with Crippen molar-refractivity contribution in [2.24, 2.45) is 0 Å². The number of phenols is 1. The first-order chi connectivity index (χ1) is 15.3. The highest BCUT2D eigenvalue weighted by molar-refractivity contribution is 6.05. The van der Waals surface area contributed by atoms with Crippen LogP contribution in [0.15, 0.2) is 52.9 Å². The van der Waals surface area contributed by atoms with Gasteiger partial charge in [-0.05, 0) is 67.4 Å². The number of aryl methyl sites for hydroxylation is 2. The van der Waals surface area contributed by atoms with Gasteiger partial charge in [-0.2, -0.15) is 0 Å². The van der Waals surface area contributed by atoms with Gasteiger partial charge in [0.1, 0.15) is 11.3 Å². The van der Waals surface area contributed by atoms with Crippen molar-refractivity contribution >= 4 is 28.4 Å². The summed E-state index contributed by atoms with van der Waals surface area (Å²) in [6.07, 6.45) is 0. The number of phenolic OH excluding ortho intramolecular Hbond substituents is 1. The maximum Gasteiger partial charge on any atom is 0.311 e. The molecule has 0 spiro atoms. The van der Waals surface area contributed by atoms with E-state index in [1.165, 1.54) is 37.4 Å². The molecule has 3 aromatic carbocycles. The van der Waals surface area contributed by atoms with Crippen molar-refractivity contribution in [1.29, 1.82) is 0 Å². The van der Waals surface area contributed by atoms with E-state index in [2.05, 4.69) is 10.3 Å². The Hall–Kier alpha value is -4.40. The SMILES string of the molecule is COc1ccc(C(=O)Nc2ccc(O)c(-c3nc4cc(C)c(C)cc4o3)c2)cc1[N+](=O)[O-]. The number of nitro benzene ring substituents is 1. The number of methoxy groups -OCH3 is 1. The number of aromatic nitrogens is 1. The summed E-state index contributed by atoms with van der Waals surface area (Å²) in [5.41, 5.74) is 3.79. The summed E-state index contributed by atoms with van der Waals surface area (Å²) in [5, 5.41) is 24.2. The van der Waals surface area contributed by atoms with Crippen molar-refractivity contribution < 1.29 is 24.0 Å². The number of anilines is 1. The maximum atomic E-state index is 12.7. The summed E-state index contributed by atoms with van der Waals surface area (Å²) in [5.74, 6) is -0.363. The minimum absolute atomic E-state index is 0.0555. The smallest absolute Gasteiger partial charge is 0.311 e. The number of fused-ring (bicyclic) bond motifs is 1. The third-order valence-electron chi connectivity index (χ3n) is 5.13. The molecule has 9 heteroatoms. The van der Waals surface area contributed by atoms with Gasteiger partial charge in [-0.15, -0.1) is 0 Å². The second kappa shape index (κ2) is 8.03. The van der Waals surface area contributed by atoms with Crippen molar-refractivity contribution in [3.63, 3.8) is 0 Å². The number of carbonyl (C=O) groups excluding carboxylic acids is 1.